The smallest absolute Gasteiger partial charge is 0.303 e. The second-order valence-electron chi connectivity index (χ2n) is 7.25. The summed E-state index contributed by atoms with van der Waals surface area (Å²) in [6, 6.07) is 0. The Morgan fingerprint density at radius 1 is 0.929 bits per heavy atom. The van der Waals surface area contributed by atoms with Gasteiger partial charge in [-0.2, -0.15) is 5.10 Å². The van der Waals surface area contributed by atoms with E-state index in [-0.39, 0.29) is 0 Å². The van der Waals surface area contributed by atoms with Crippen LogP contribution in [0.5, 0.6) is 0 Å². The van der Waals surface area contributed by atoms with E-state index in [9.17, 15) is 4.79 Å². The number of nitrogens with two attached hydrogens (primary N) is 2. The van der Waals surface area contributed by atoms with E-state index >= 15 is 0 Å². The number of carboxylic acid groups (broad SMARTS) is 1. The van der Waals surface area contributed by atoms with Gasteiger partial charge in [-0.25, -0.2) is 0 Å². The number of hydrogen-bond acceptors (Lipinski definition) is 5. The SMILES string of the molecule is CC.CC.CN1CCC(C/C(N)=N/N)CC1.CN1CCC(CCC(=O)O)CC1. The summed E-state index contributed by atoms with van der Waals surface area (Å²) in [5.74, 6) is 6.34. The molecular weight excluding hydrogens is 354 g/mol. The van der Waals surface area contributed by atoms with Crippen LogP contribution in [0.3, 0.4) is 0 Å². The molecule has 0 saturated carbocycles. The standard InChI is InChI=1S/C9H17NO2.C8H18N4.2C2H6/c1-10-6-4-8(5-7-10)2-3-9(11)12;1-12-4-2-7(3-5-12)6-8(9)11-10;2*1-2/h8H,2-7H2,1H3,(H,11,12);7H,2-6,10H2,1H3,(H2,9,11);2*1-2H3. The van der Waals surface area contributed by atoms with Gasteiger partial charge in [0.1, 0.15) is 5.84 Å². The first-order chi connectivity index (χ1) is 13.4. The molecule has 0 aromatic rings. The van der Waals surface area contributed by atoms with Crippen molar-refractivity contribution in [1.82, 2.24) is 9.80 Å². The molecule has 5 N–H and O–H groups in total. The number of hydrazone groups is 1. The Labute approximate surface area is 173 Å². The lowest BCUT2D eigenvalue weighted by atomic mass is 9.92. The molecule has 2 aliphatic rings. The number of likely N-dealkylation sites (tertiary alicyclic amines) is 2. The van der Waals surface area contributed by atoms with Crippen molar-refractivity contribution in [3.63, 3.8) is 0 Å². The maximum absolute atomic E-state index is 10.3. The zero-order chi connectivity index (χ0) is 21.9. The number of amidine groups is 1. The van der Waals surface area contributed by atoms with Gasteiger partial charge in [0, 0.05) is 12.8 Å². The number of carboxylic acids is 1. The Kier molecular flexibility index (Phi) is 19.6. The van der Waals surface area contributed by atoms with Gasteiger partial charge in [0.05, 0.1) is 0 Å². The fraction of sp³-hybridized carbons (Fsp3) is 0.905. The van der Waals surface area contributed by atoms with E-state index in [0.29, 0.717) is 24.1 Å². The van der Waals surface area contributed by atoms with Crippen molar-refractivity contribution >= 4 is 11.8 Å². The minimum Gasteiger partial charge on any atom is -0.481 e. The molecule has 0 radical (unpaired) electrons. The van der Waals surface area contributed by atoms with Crippen LogP contribution in [0.2, 0.25) is 0 Å². The molecule has 2 aliphatic heterocycles. The number of piperidine rings is 2. The molecule has 28 heavy (non-hydrogen) atoms. The first-order valence-electron chi connectivity index (χ1n) is 11.0. The lowest BCUT2D eigenvalue weighted by Crippen LogP contribution is -2.32. The summed E-state index contributed by atoms with van der Waals surface area (Å²) in [5.41, 5.74) is 5.55. The minimum atomic E-state index is -0.658. The van der Waals surface area contributed by atoms with Crippen LogP contribution in [-0.4, -0.2) is 67.0 Å². The maximum Gasteiger partial charge on any atom is 0.303 e. The van der Waals surface area contributed by atoms with E-state index in [1.807, 2.05) is 27.7 Å². The molecule has 7 nitrogen and oxygen atoms in total. The molecule has 0 aromatic carbocycles. The highest BCUT2D eigenvalue weighted by atomic mass is 16.4. The van der Waals surface area contributed by atoms with Crippen LogP contribution in [0.15, 0.2) is 5.10 Å². The molecule has 0 bridgehead atoms. The molecule has 2 rings (SSSR count). The fourth-order valence-corrected chi connectivity index (χ4v) is 3.29. The van der Waals surface area contributed by atoms with Gasteiger partial charge in [-0.1, -0.05) is 27.7 Å². The summed E-state index contributed by atoms with van der Waals surface area (Å²) in [4.78, 5) is 14.9. The van der Waals surface area contributed by atoms with Crippen LogP contribution < -0.4 is 11.6 Å². The Bertz CT molecular complexity index is 388. The van der Waals surface area contributed by atoms with Gasteiger partial charge < -0.3 is 26.5 Å². The van der Waals surface area contributed by atoms with Gasteiger partial charge in [0.2, 0.25) is 0 Å². The number of rotatable bonds is 5. The molecule has 168 valence electrons. The Morgan fingerprint density at radius 2 is 1.32 bits per heavy atom. The molecule has 0 atom stereocenters. The molecule has 2 saturated heterocycles. The van der Waals surface area contributed by atoms with E-state index in [1.165, 1.54) is 38.8 Å². The van der Waals surface area contributed by atoms with Crippen LogP contribution in [0.25, 0.3) is 0 Å². The van der Waals surface area contributed by atoms with Gasteiger partial charge in [0.15, 0.2) is 0 Å². The lowest BCUT2D eigenvalue weighted by molar-refractivity contribution is -0.137. The maximum atomic E-state index is 10.3. The summed E-state index contributed by atoms with van der Waals surface area (Å²) < 4.78 is 0. The third kappa shape index (κ3) is 15.7. The van der Waals surface area contributed by atoms with Gasteiger partial charge in [-0.3, -0.25) is 4.79 Å². The summed E-state index contributed by atoms with van der Waals surface area (Å²) in [5, 5.41) is 12.0. The average molecular weight is 402 g/mol. The molecule has 2 fully saturated rings. The van der Waals surface area contributed by atoms with Crippen molar-refractivity contribution in [1.29, 1.82) is 0 Å². The molecular formula is C21H47N5O2. The van der Waals surface area contributed by atoms with Gasteiger partial charge in [-0.05, 0) is 84.2 Å². The van der Waals surface area contributed by atoms with E-state index in [0.717, 1.165) is 25.9 Å². The topological polar surface area (TPSA) is 108 Å². The molecule has 0 aromatic heterocycles. The Balaban J connectivity index is 0. The largest absolute Gasteiger partial charge is 0.481 e. The van der Waals surface area contributed by atoms with Crippen LogP contribution in [-0.2, 0) is 4.79 Å². The number of nitrogens with zero attached hydrogens (tertiary/aromatic N) is 3. The van der Waals surface area contributed by atoms with Crippen LogP contribution in [0.1, 0.15) is 72.6 Å². The van der Waals surface area contributed by atoms with E-state index in [4.69, 9.17) is 16.7 Å². The fourth-order valence-electron chi connectivity index (χ4n) is 3.29. The van der Waals surface area contributed by atoms with Gasteiger partial charge in [-0.15, -0.1) is 0 Å². The number of aliphatic carboxylic acids is 1. The molecule has 0 spiro atoms. The van der Waals surface area contributed by atoms with Gasteiger partial charge in [0.25, 0.3) is 0 Å². The zero-order valence-electron chi connectivity index (χ0n) is 19.3. The van der Waals surface area contributed by atoms with E-state index < -0.39 is 5.97 Å². The number of carbonyl (C=O) groups is 1. The molecule has 0 amide bonds. The third-order valence-electron chi connectivity index (χ3n) is 5.11. The quantitative estimate of drug-likeness (QED) is 0.282. The van der Waals surface area contributed by atoms with Crippen molar-refractivity contribution < 1.29 is 9.90 Å². The van der Waals surface area contributed by atoms with Crippen molar-refractivity contribution in [3.05, 3.63) is 0 Å². The van der Waals surface area contributed by atoms with Crippen LogP contribution >= 0.6 is 0 Å². The predicted octanol–water partition coefficient (Wildman–Crippen LogP) is 3.19. The molecule has 0 unspecified atom stereocenters. The van der Waals surface area contributed by atoms with Crippen LogP contribution in [0.4, 0.5) is 0 Å². The summed E-state index contributed by atoms with van der Waals surface area (Å²) in [7, 11) is 4.27. The molecule has 0 aliphatic carbocycles. The predicted molar refractivity (Wildman–Crippen MR) is 120 cm³/mol. The molecule has 2 heterocycles. The minimum absolute atomic E-state index is 0.342. The lowest BCUT2D eigenvalue weighted by Gasteiger charge is -2.28. The monoisotopic (exact) mass is 401 g/mol. The van der Waals surface area contributed by atoms with E-state index in [1.54, 1.807) is 0 Å². The first kappa shape index (κ1) is 28.9. The second kappa shape index (κ2) is 19.0. The Hall–Kier alpha value is -1.34. The third-order valence-corrected chi connectivity index (χ3v) is 5.11. The number of hydrogen-bond donors (Lipinski definition) is 3. The van der Waals surface area contributed by atoms with Crippen molar-refractivity contribution in [3.8, 4) is 0 Å². The normalized spacial score (nSPS) is 19.3. The summed E-state index contributed by atoms with van der Waals surface area (Å²) >= 11 is 0. The van der Waals surface area contributed by atoms with Crippen molar-refractivity contribution in [2.45, 2.75) is 72.6 Å². The summed E-state index contributed by atoms with van der Waals surface area (Å²) in [6.45, 7) is 12.6. The highest BCUT2D eigenvalue weighted by Crippen LogP contribution is 2.20. The highest BCUT2D eigenvalue weighted by Gasteiger charge is 2.18. The van der Waals surface area contributed by atoms with E-state index in [2.05, 4.69) is 29.0 Å². The zero-order valence-corrected chi connectivity index (χ0v) is 19.3. The average Bonchev–Trinajstić information content (AvgIpc) is 2.72. The van der Waals surface area contributed by atoms with Gasteiger partial charge >= 0.3 is 5.97 Å². The Morgan fingerprint density at radius 3 is 1.68 bits per heavy atom. The first-order valence-corrected chi connectivity index (χ1v) is 11.0. The molecule has 7 heteroatoms. The van der Waals surface area contributed by atoms with Crippen LogP contribution in [0, 0.1) is 11.8 Å². The highest BCUT2D eigenvalue weighted by molar-refractivity contribution is 5.80. The van der Waals surface area contributed by atoms with Crippen molar-refractivity contribution in [2.75, 3.05) is 40.3 Å². The van der Waals surface area contributed by atoms with Crippen molar-refractivity contribution in [2.24, 2.45) is 28.5 Å². The second-order valence-corrected chi connectivity index (χ2v) is 7.25. The summed E-state index contributed by atoms with van der Waals surface area (Å²) in [6.07, 6.45) is 6.84.